The number of nitrogens with one attached hydrogen (secondary N) is 1. The van der Waals surface area contributed by atoms with Crippen LogP contribution in [0.15, 0.2) is 18.2 Å². The van der Waals surface area contributed by atoms with Crippen molar-refractivity contribution in [2.45, 2.75) is 26.7 Å². The van der Waals surface area contributed by atoms with Crippen molar-refractivity contribution in [3.8, 4) is 0 Å². The summed E-state index contributed by atoms with van der Waals surface area (Å²) in [6.07, 6.45) is 3.07. The highest BCUT2D eigenvalue weighted by molar-refractivity contribution is 5.77. The van der Waals surface area contributed by atoms with Gasteiger partial charge in [0.25, 0.3) is 0 Å². The third-order valence-corrected chi connectivity index (χ3v) is 3.95. The number of piperidine rings is 1. The first-order valence-electron chi connectivity index (χ1n) is 7.15. The topological polar surface area (TPSA) is 49.4 Å². The van der Waals surface area contributed by atoms with Crippen LogP contribution in [0.2, 0.25) is 0 Å². The van der Waals surface area contributed by atoms with Crippen LogP contribution in [0.5, 0.6) is 0 Å². The lowest BCUT2D eigenvalue weighted by atomic mass is 9.95. The average Bonchev–Trinajstić information content (AvgIpc) is 2.45. The van der Waals surface area contributed by atoms with E-state index in [4.69, 9.17) is 0 Å². The van der Waals surface area contributed by atoms with Gasteiger partial charge in [-0.2, -0.15) is 0 Å². The van der Waals surface area contributed by atoms with Crippen molar-refractivity contribution in [3.05, 3.63) is 29.3 Å². The zero-order valence-corrected chi connectivity index (χ0v) is 12.2. The van der Waals surface area contributed by atoms with Crippen molar-refractivity contribution in [2.75, 3.05) is 24.5 Å². The largest absolute Gasteiger partial charge is 0.371 e. The monoisotopic (exact) mass is 274 g/mol. The van der Waals surface area contributed by atoms with Crippen LogP contribution in [0.1, 0.15) is 35.7 Å². The SMILES string of the molecule is CC(=O)NCC1CCN(c2ccc(C=O)cc2C)CC1. The number of hydrogen-bond acceptors (Lipinski definition) is 3. The van der Waals surface area contributed by atoms with Crippen LogP contribution in [-0.2, 0) is 4.79 Å². The Bertz CT molecular complexity index is 491. The first kappa shape index (κ1) is 14.6. The van der Waals surface area contributed by atoms with E-state index in [-0.39, 0.29) is 5.91 Å². The van der Waals surface area contributed by atoms with Crippen LogP contribution < -0.4 is 10.2 Å². The van der Waals surface area contributed by atoms with Gasteiger partial charge in [0.1, 0.15) is 6.29 Å². The summed E-state index contributed by atoms with van der Waals surface area (Å²) in [4.78, 5) is 24.1. The van der Waals surface area contributed by atoms with Gasteiger partial charge in [-0.15, -0.1) is 0 Å². The summed E-state index contributed by atoms with van der Waals surface area (Å²) in [6, 6.07) is 5.84. The molecule has 20 heavy (non-hydrogen) atoms. The maximum absolute atomic E-state index is 10.9. The molecule has 108 valence electrons. The van der Waals surface area contributed by atoms with Gasteiger partial charge in [0.2, 0.25) is 5.91 Å². The molecule has 2 rings (SSSR count). The van der Waals surface area contributed by atoms with E-state index < -0.39 is 0 Å². The van der Waals surface area contributed by atoms with Gasteiger partial charge in [-0.25, -0.2) is 0 Å². The normalized spacial score (nSPS) is 16.0. The number of aryl methyl sites for hydroxylation is 1. The van der Waals surface area contributed by atoms with E-state index in [1.54, 1.807) is 6.92 Å². The Morgan fingerprint density at radius 2 is 2.10 bits per heavy atom. The minimum Gasteiger partial charge on any atom is -0.371 e. The van der Waals surface area contributed by atoms with Gasteiger partial charge in [-0.1, -0.05) is 0 Å². The number of rotatable bonds is 4. The van der Waals surface area contributed by atoms with E-state index in [2.05, 4.69) is 10.2 Å². The molecule has 4 heteroatoms. The van der Waals surface area contributed by atoms with E-state index in [0.717, 1.165) is 49.9 Å². The standard InChI is InChI=1S/C16H22N2O2/c1-12-9-15(11-19)3-4-16(12)18-7-5-14(6-8-18)10-17-13(2)20/h3-4,9,11,14H,5-8,10H2,1-2H3,(H,17,20). The van der Waals surface area contributed by atoms with Crippen molar-refractivity contribution in [2.24, 2.45) is 5.92 Å². The van der Waals surface area contributed by atoms with Crippen LogP contribution in [0.3, 0.4) is 0 Å². The zero-order chi connectivity index (χ0) is 14.5. The molecule has 1 amide bonds. The number of carbonyl (C=O) groups is 2. The van der Waals surface area contributed by atoms with Gasteiger partial charge in [-0.05, 0) is 49.4 Å². The van der Waals surface area contributed by atoms with E-state index in [1.807, 2.05) is 25.1 Å². The second kappa shape index (κ2) is 6.55. The Hall–Kier alpha value is -1.84. The Kier molecular flexibility index (Phi) is 4.77. The molecule has 0 saturated carbocycles. The predicted molar refractivity (Wildman–Crippen MR) is 80.2 cm³/mol. The third-order valence-electron chi connectivity index (χ3n) is 3.95. The summed E-state index contributed by atoms with van der Waals surface area (Å²) < 4.78 is 0. The maximum Gasteiger partial charge on any atom is 0.216 e. The van der Waals surface area contributed by atoms with Gasteiger partial charge in [-0.3, -0.25) is 9.59 Å². The number of hydrogen-bond donors (Lipinski definition) is 1. The van der Waals surface area contributed by atoms with E-state index in [9.17, 15) is 9.59 Å². The average molecular weight is 274 g/mol. The molecule has 0 spiro atoms. The molecule has 1 aromatic rings. The van der Waals surface area contributed by atoms with Crippen molar-refractivity contribution >= 4 is 17.9 Å². The first-order chi connectivity index (χ1) is 9.60. The quantitative estimate of drug-likeness (QED) is 0.856. The second-order valence-electron chi connectivity index (χ2n) is 5.53. The summed E-state index contributed by atoms with van der Waals surface area (Å²) in [5.41, 5.74) is 3.09. The molecule has 0 unspecified atom stereocenters. The maximum atomic E-state index is 10.9. The minimum absolute atomic E-state index is 0.0488. The lowest BCUT2D eigenvalue weighted by Gasteiger charge is -2.34. The summed E-state index contributed by atoms with van der Waals surface area (Å²) in [7, 11) is 0. The molecule has 1 N–H and O–H groups in total. The van der Waals surface area contributed by atoms with Crippen LogP contribution in [-0.4, -0.2) is 31.8 Å². The number of benzene rings is 1. The fourth-order valence-corrected chi connectivity index (χ4v) is 2.77. The van der Waals surface area contributed by atoms with Gasteiger partial charge in [0.05, 0.1) is 0 Å². The molecule has 1 heterocycles. The van der Waals surface area contributed by atoms with Crippen LogP contribution in [0.4, 0.5) is 5.69 Å². The predicted octanol–water partition coefficient (Wildman–Crippen LogP) is 2.16. The third kappa shape index (κ3) is 3.59. The van der Waals surface area contributed by atoms with Gasteiger partial charge in [0.15, 0.2) is 0 Å². The first-order valence-corrected chi connectivity index (χ1v) is 7.15. The molecule has 1 aliphatic rings. The van der Waals surface area contributed by atoms with Crippen molar-refractivity contribution in [1.82, 2.24) is 5.32 Å². The minimum atomic E-state index is 0.0488. The highest BCUT2D eigenvalue weighted by atomic mass is 16.1. The van der Waals surface area contributed by atoms with Gasteiger partial charge >= 0.3 is 0 Å². The number of carbonyl (C=O) groups excluding carboxylic acids is 2. The molecule has 1 aliphatic heterocycles. The van der Waals surface area contributed by atoms with Crippen molar-refractivity contribution < 1.29 is 9.59 Å². The second-order valence-corrected chi connectivity index (χ2v) is 5.53. The Balaban J connectivity index is 1.93. The molecule has 1 aromatic carbocycles. The Labute approximate surface area is 120 Å². The molecule has 0 aliphatic carbocycles. The van der Waals surface area contributed by atoms with Crippen LogP contribution in [0, 0.1) is 12.8 Å². The summed E-state index contributed by atoms with van der Waals surface area (Å²) in [5, 5.41) is 2.90. The fraction of sp³-hybridized carbons (Fsp3) is 0.500. The number of aldehydes is 1. The molecule has 1 saturated heterocycles. The Morgan fingerprint density at radius 3 is 2.65 bits per heavy atom. The lowest BCUT2D eigenvalue weighted by Crippen LogP contribution is -2.38. The number of anilines is 1. The van der Waals surface area contributed by atoms with E-state index in [1.165, 1.54) is 5.69 Å². The van der Waals surface area contributed by atoms with Crippen LogP contribution in [0.25, 0.3) is 0 Å². The number of nitrogens with zero attached hydrogens (tertiary/aromatic N) is 1. The smallest absolute Gasteiger partial charge is 0.216 e. The molecule has 0 bridgehead atoms. The lowest BCUT2D eigenvalue weighted by molar-refractivity contribution is -0.119. The molecule has 4 nitrogen and oxygen atoms in total. The summed E-state index contributed by atoms with van der Waals surface area (Å²) in [5.74, 6) is 0.623. The molecule has 0 aromatic heterocycles. The summed E-state index contributed by atoms with van der Waals surface area (Å²) >= 11 is 0. The van der Waals surface area contributed by atoms with E-state index in [0.29, 0.717) is 5.92 Å². The zero-order valence-electron chi connectivity index (χ0n) is 12.2. The number of amides is 1. The van der Waals surface area contributed by atoms with Gasteiger partial charge < -0.3 is 10.2 Å². The molecular formula is C16H22N2O2. The summed E-state index contributed by atoms with van der Waals surface area (Å²) in [6.45, 7) is 6.40. The highest BCUT2D eigenvalue weighted by Gasteiger charge is 2.20. The van der Waals surface area contributed by atoms with Crippen molar-refractivity contribution in [1.29, 1.82) is 0 Å². The molecule has 0 atom stereocenters. The molecular weight excluding hydrogens is 252 g/mol. The fourth-order valence-electron chi connectivity index (χ4n) is 2.77. The van der Waals surface area contributed by atoms with Crippen molar-refractivity contribution in [3.63, 3.8) is 0 Å². The van der Waals surface area contributed by atoms with Crippen LogP contribution >= 0.6 is 0 Å². The molecule has 1 fully saturated rings. The Morgan fingerprint density at radius 1 is 1.40 bits per heavy atom. The van der Waals surface area contributed by atoms with E-state index >= 15 is 0 Å². The van der Waals surface area contributed by atoms with Gasteiger partial charge in [0, 0.05) is 37.8 Å². The molecule has 0 radical (unpaired) electrons. The highest BCUT2D eigenvalue weighted by Crippen LogP contribution is 2.26.